The molecule has 0 aliphatic carbocycles. The largest absolute Gasteiger partial charge is 0.367 e. The summed E-state index contributed by atoms with van der Waals surface area (Å²) in [6.07, 6.45) is 3.14. The Bertz CT molecular complexity index is 179. The van der Waals surface area contributed by atoms with Crippen LogP contribution in [0.25, 0.3) is 0 Å². The second-order valence-electron chi connectivity index (χ2n) is 3.69. The molecule has 0 radical (unpaired) electrons. The van der Waals surface area contributed by atoms with Gasteiger partial charge in [0.25, 0.3) is 5.91 Å². The van der Waals surface area contributed by atoms with E-state index in [9.17, 15) is 4.79 Å². The van der Waals surface area contributed by atoms with Crippen LogP contribution in [0.2, 0.25) is 0 Å². The Morgan fingerprint density at radius 2 is 2.07 bits per heavy atom. The second-order valence-corrected chi connectivity index (χ2v) is 3.69. The highest BCUT2D eigenvalue weighted by Crippen LogP contribution is 2.10. The molecule has 4 nitrogen and oxygen atoms in total. The van der Waals surface area contributed by atoms with Crippen LogP contribution in [-0.2, 0) is 9.53 Å². The van der Waals surface area contributed by atoms with E-state index in [0.29, 0.717) is 13.2 Å². The number of piperidine rings is 1. The molecule has 1 aliphatic rings. The van der Waals surface area contributed by atoms with E-state index in [4.69, 9.17) is 10.5 Å². The fourth-order valence-corrected chi connectivity index (χ4v) is 1.69. The van der Waals surface area contributed by atoms with E-state index >= 15 is 0 Å². The molecule has 1 rings (SSSR count). The number of likely N-dealkylation sites (tertiary alicyclic amines) is 1. The molecule has 0 aromatic rings. The number of hydrogen-bond acceptors (Lipinski definition) is 3. The number of carbonyl (C=O) groups is 1. The molecule has 2 N–H and O–H groups in total. The standard InChI is InChI=1S/C10H20N2O2/c1-9(14-8-5-11)10(13)12-6-3-2-4-7-12/h9H,2-8,11H2,1H3. The molecule has 0 spiro atoms. The fraction of sp³-hybridized carbons (Fsp3) is 0.900. The summed E-state index contributed by atoms with van der Waals surface area (Å²) in [7, 11) is 0. The van der Waals surface area contributed by atoms with Gasteiger partial charge in [0.1, 0.15) is 6.10 Å². The maximum atomic E-state index is 11.8. The van der Waals surface area contributed by atoms with E-state index in [1.54, 1.807) is 6.92 Å². The van der Waals surface area contributed by atoms with E-state index in [-0.39, 0.29) is 12.0 Å². The first kappa shape index (κ1) is 11.5. The fourth-order valence-electron chi connectivity index (χ4n) is 1.69. The molecule has 14 heavy (non-hydrogen) atoms. The summed E-state index contributed by atoms with van der Waals surface area (Å²) in [6, 6.07) is 0. The van der Waals surface area contributed by atoms with Gasteiger partial charge in [0.05, 0.1) is 6.61 Å². The second kappa shape index (κ2) is 5.98. The van der Waals surface area contributed by atoms with Crippen LogP contribution in [-0.4, -0.2) is 43.2 Å². The minimum atomic E-state index is -0.336. The van der Waals surface area contributed by atoms with Crippen molar-refractivity contribution in [1.82, 2.24) is 4.90 Å². The van der Waals surface area contributed by atoms with Crippen molar-refractivity contribution in [1.29, 1.82) is 0 Å². The number of amides is 1. The Balaban J connectivity index is 2.30. The zero-order valence-electron chi connectivity index (χ0n) is 8.87. The lowest BCUT2D eigenvalue weighted by atomic mass is 10.1. The van der Waals surface area contributed by atoms with Crippen molar-refractivity contribution < 1.29 is 9.53 Å². The Morgan fingerprint density at radius 1 is 1.43 bits per heavy atom. The number of nitrogens with two attached hydrogens (primary N) is 1. The summed E-state index contributed by atoms with van der Waals surface area (Å²) < 4.78 is 5.29. The van der Waals surface area contributed by atoms with Gasteiger partial charge in [-0.05, 0) is 26.2 Å². The third-order valence-electron chi connectivity index (χ3n) is 2.50. The summed E-state index contributed by atoms with van der Waals surface area (Å²) in [4.78, 5) is 13.7. The molecule has 1 heterocycles. The third kappa shape index (κ3) is 3.27. The lowest BCUT2D eigenvalue weighted by Gasteiger charge is -2.29. The Hall–Kier alpha value is -0.610. The molecule has 1 amide bonds. The van der Waals surface area contributed by atoms with E-state index in [2.05, 4.69) is 0 Å². The van der Waals surface area contributed by atoms with E-state index < -0.39 is 0 Å². The zero-order valence-corrected chi connectivity index (χ0v) is 8.87. The van der Waals surface area contributed by atoms with E-state index in [1.165, 1.54) is 6.42 Å². The highest BCUT2D eigenvalue weighted by atomic mass is 16.5. The average molecular weight is 200 g/mol. The minimum absolute atomic E-state index is 0.109. The Morgan fingerprint density at radius 3 is 2.64 bits per heavy atom. The number of nitrogens with zero attached hydrogens (tertiary/aromatic N) is 1. The zero-order chi connectivity index (χ0) is 10.4. The molecular weight excluding hydrogens is 180 g/mol. The van der Waals surface area contributed by atoms with Crippen molar-refractivity contribution in [3.05, 3.63) is 0 Å². The molecule has 1 saturated heterocycles. The Kier molecular flexibility index (Phi) is 4.90. The normalized spacial score (nSPS) is 19.4. The van der Waals surface area contributed by atoms with Crippen LogP contribution < -0.4 is 5.73 Å². The van der Waals surface area contributed by atoms with Gasteiger partial charge >= 0.3 is 0 Å². The monoisotopic (exact) mass is 200 g/mol. The number of hydrogen-bond donors (Lipinski definition) is 1. The van der Waals surface area contributed by atoms with Crippen LogP contribution in [0, 0.1) is 0 Å². The molecule has 1 unspecified atom stereocenters. The third-order valence-corrected chi connectivity index (χ3v) is 2.50. The van der Waals surface area contributed by atoms with Gasteiger partial charge in [0.15, 0.2) is 0 Å². The molecule has 82 valence electrons. The predicted octanol–water partition coefficient (Wildman–Crippen LogP) is 0.363. The number of ether oxygens (including phenoxy) is 1. The predicted molar refractivity (Wildman–Crippen MR) is 54.9 cm³/mol. The molecule has 0 bridgehead atoms. The van der Waals surface area contributed by atoms with Gasteiger partial charge in [-0.25, -0.2) is 0 Å². The topological polar surface area (TPSA) is 55.6 Å². The minimum Gasteiger partial charge on any atom is -0.367 e. The molecule has 0 aromatic carbocycles. The SMILES string of the molecule is CC(OCCN)C(=O)N1CCCCC1. The smallest absolute Gasteiger partial charge is 0.251 e. The van der Waals surface area contributed by atoms with Crippen LogP contribution in [0.5, 0.6) is 0 Å². The maximum Gasteiger partial charge on any atom is 0.251 e. The van der Waals surface area contributed by atoms with Crippen LogP contribution in [0.15, 0.2) is 0 Å². The first-order chi connectivity index (χ1) is 6.75. The summed E-state index contributed by atoms with van der Waals surface area (Å²) in [5, 5.41) is 0. The summed E-state index contributed by atoms with van der Waals surface area (Å²) in [5.41, 5.74) is 5.31. The van der Waals surface area contributed by atoms with Gasteiger partial charge in [-0.2, -0.15) is 0 Å². The van der Waals surface area contributed by atoms with E-state index in [0.717, 1.165) is 25.9 Å². The summed E-state index contributed by atoms with van der Waals surface area (Å²) >= 11 is 0. The Labute approximate surface area is 85.4 Å². The van der Waals surface area contributed by atoms with Crippen LogP contribution >= 0.6 is 0 Å². The molecule has 0 saturated carbocycles. The van der Waals surface area contributed by atoms with Gasteiger partial charge in [-0.3, -0.25) is 4.79 Å². The van der Waals surface area contributed by atoms with Crippen molar-refractivity contribution in [3.8, 4) is 0 Å². The van der Waals surface area contributed by atoms with Crippen molar-refractivity contribution in [2.45, 2.75) is 32.3 Å². The molecule has 1 aliphatic heterocycles. The first-order valence-electron chi connectivity index (χ1n) is 5.36. The van der Waals surface area contributed by atoms with Crippen LogP contribution in [0.1, 0.15) is 26.2 Å². The van der Waals surface area contributed by atoms with Crippen molar-refractivity contribution in [2.24, 2.45) is 5.73 Å². The van der Waals surface area contributed by atoms with Crippen molar-refractivity contribution >= 4 is 5.91 Å². The highest BCUT2D eigenvalue weighted by Gasteiger charge is 2.21. The number of carbonyl (C=O) groups excluding carboxylic acids is 1. The average Bonchev–Trinajstić information content (AvgIpc) is 2.26. The molecule has 1 atom stereocenters. The van der Waals surface area contributed by atoms with E-state index in [1.807, 2.05) is 4.90 Å². The van der Waals surface area contributed by atoms with Crippen molar-refractivity contribution in [2.75, 3.05) is 26.2 Å². The lowest BCUT2D eigenvalue weighted by Crippen LogP contribution is -2.42. The van der Waals surface area contributed by atoms with Gasteiger partial charge in [-0.1, -0.05) is 0 Å². The van der Waals surface area contributed by atoms with Gasteiger partial charge in [0.2, 0.25) is 0 Å². The molecular formula is C10H20N2O2. The van der Waals surface area contributed by atoms with Gasteiger partial charge in [0, 0.05) is 19.6 Å². The van der Waals surface area contributed by atoms with Gasteiger partial charge in [-0.15, -0.1) is 0 Å². The summed E-state index contributed by atoms with van der Waals surface area (Å²) in [6.45, 7) is 4.50. The highest BCUT2D eigenvalue weighted by molar-refractivity contribution is 5.80. The van der Waals surface area contributed by atoms with Crippen molar-refractivity contribution in [3.63, 3.8) is 0 Å². The maximum absolute atomic E-state index is 11.8. The quantitative estimate of drug-likeness (QED) is 0.713. The lowest BCUT2D eigenvalue weighted by molar-refractivity contribution is -0.143. The number of rotatable bonds is 4. The molecule has 4 heteroatoms. The van der Waals surface area contributed by atoms with Gasteiger partial charge < -0.3 is 15.4 Å². The first-order valence-corrected chi connectivity index (χ1v) is 5.36. The molecule has 1 fully saturated rings. The summed E-state index contributed by atoms with van der Waals surface area (Å²) in [5.74, 6) is 0.109. The van der Waals surface area contributed by atoms with Crippen LogP contribution in [0.4, 0.5) is 0 Å². The van der Waals surface area contributed by atoms with Crippen LogP contribution in [0.3, 0.4) is 0 Å². The molecule has 0 aromatic heterocycles.